The fourth-order valence-electron chi connectivity index (χ4n) is 6.00. The van der Waals surface area contributed by atoms with Crippen molar-refractivity contribution in [2.45, 2.75) is 64.6 Å². The number of halogens is 5. The second kappa shape index (κ2) is 10.7. The molecular formula is C27H30F5N3O4. The van der Waals surface area contributed by atoms with E-state index in [-0.39, 0.29) is 43.6 Å². The average molecular weight is 556 g/mol. The van der Waals surface area contributed by atoms with Crippen molar-refractivity contribution in [3.8, 4) is 0 Å². The van der Waals surface area contributed by atoms with Gasteiger partial charge in [-0.05, 0) is 62.0 Å². The maximum absolute atomic E-state index is 14.3. The Kier molecular flexibility index (Phi) is 7.86. The van der Waals surface area contributed by atoms with E-state index in [4.69, 9.17) is 0 Å². The Bertz CT molecular complexity index is 1240. The lowest BCUT2D eigenvalue weighted by molar-refractivity contribution is -0.147. The number of rotatable bonds is 8. The van der Waals surface area contributed by atoms with Crippen molar-refractivity contribution in [3.05, 3.63) is 52.9 Å². The van der Waals surface area contributed by atoms with Crippen LogP contribution in [0.3, 0.4) is 0 Å². The molecule has 212 valence electrons. The highest BCUT2D eigenvalue weighted by molar-refractivity contribution is 6.02. The van der Waals surface area contributed by atoms with Crippen LogP contribution in [-0.2, 0) is 11.0 Å². The van der Waals surface area contributed by atoms with Gasteiger partial charge in [0.1, 0.15) is 11.6 Å². The molecule has 12 heteroatoms. The van der Waals surface area contributed by atoms with E-state index in [2.05, 4.69) is 5.10 Å². The zero-order chi connectivity index (χ0) is 28.7. The van der Waals surface area contributed by atoms with Gasteiger partial charge in [0, 0.05) is 6.54 Å². The molecule has 0 atom stereocenters. The summed E-state index contributed by atoms with van der Waals surface area (Å²) >= 11 is 0. The van der Waals surface area contributed by atoms with Crippen LogP contribution >= 0.6 is 0 Å². The number of carbonyl (C=O) groups is 3. The molecular weight excluding hydrogens is 525 g/mol. The molecule has 2 aliphatic carbocycles. The minimum atomic E-state index is -4.98. The number of carboxylic acids is 1. The lowest BCUT2D eigenvalue weighted by atomic mass is 9.64. The molecule has 2 saturated carbocycles. The predicted octanol–water partition coefficient (Wildman–Crippen LogP) is 5.76. The number of aromatic nitrogens is 2. The highest BCUT2D eigenvalue weighted by Gasteiger charge is 2.44. The molecule has 0 radical (unpaired) electrons. The van der Waals surface area contributed by atoms with Crippen LogP contribution in [0.5, 0.6) is 0 Å². The molecule has 1 aromatic carbocycles. The van der Waals surface area contributed by atoms with Crippen molar-refractivity contribution in [3.63, 3.8) is 0 Å². The van der Waals surface area contributed by atoms with E-state index in [1.807, 2.05) is 13.8 Å². The zero-order valence-electron chi connectivity index (χ0n) is 21.6. The Labute approximate surface area is 222 Å². The number of hydrogen-bond donors (Lipinski definition) is 1. The Morgan fingerprint density at radius 2 is 1.67 bits per heavy atom. The van der Waals surface area contributed by atoms with E-state index in [1.165, 1.54) is 0 Å². The number of aliphatic carboxylic acids is 1. The lowest BCUT2D eigenvalue weighted by Crippen LogP contribution is -2.45. The van der Waals surface area contributed by atoms with E-state index in [0.29, 0.717) is 12.8 Å². The summed E-state index contributed by atoms with van der Waals surface area (Å²) in [5.41, 5.74) is -2.93. The van der Waals surface area contributed by atoms with Crippen LogP contribution < -0.4 is 0 Å². The van der Waals surface area contributed by atoms with Crippen LogP contribution in [-0.4, -0.2) is 50.5 Å². The maximum Gasteiger partial charge on any atom is 0.433 e. The van der Waals surface area contributed by atoms with Crippen molar-refractivity contribution < 1.29 is 41.4 Å². The topological polar surface area (TPSA) is 92.5 Å². The summed E-state index contributed by atoms with van der Waals surface area (Å²) in [4.78, 5) is 38.7. The monoisotopic (exact) mass is 555 g/mol. The molecule has 0 spiro atoms. The van der Waals surface area contributed by atoms with E-state index < -0.39 is 70.8 Å². The van der Waals surface area contributed by atoms with Crippen LogP contribution in [0.15, 0.2) is 24.4 Å². The number of ketones is 1. The number of amides is 1. The summed E-state index contributed by atoms with van der Waals surface area (Å²) < 4.78 is 72.2. The van der Waals surface area contributed by atoms with Crippen LogP contribution in [0, 0.1) is 28.9 Å². The molecule has 1 N–H and O–H groups in total. The molecule has 1 heterocycles. The molecule has 2 aliphatic rings. The van der Waals surface area contributed by atoms with Crippen molar-refractivity contribution in [1.82, 2.24) is 14.7 Å². The number of hydrogen-bond acceptors (Lipinski definition) is 4. The molecule has 0 saturated heterocycles. The summed E-state index contributed by atoms with van der Waals surface area (Å²) in [7, 11) is 0. The Hall–Kier alpha value is -3.31. The number of alkyl halides is 3. The van der Waals surface area contributed by atoms with Crippen molar-refractivity contribution in [2.24, 2.45) is 17.3 Å². The van der Waals surface area contributed by atoms with E-state index in [9.17, 15) is 41.4 Å². The molecule has 1 aromatic heterocycles. The first kappa shape index (κ1) is 28.7. The van der Waals surface area contributed by atoms with Crippen molar-refractivity contribution in [2.75, 3.05) is 13.1 Å². The Morgan fingerprint density at radius 1 is 1.08 bits per heavy atom. The summed E-state index contributed by atoms with van der Waals surface area (Å²) in [6.07, 6.45) is -2.21. The van der Waals surface area contributed by atoms with Gasteiger partial charge in [0.2, 0.25) is 0 Å². The fraction of sp³-hybridized carbons (Fsp3) is 0.556. The van der Waals surface area contributed by atoms with Gasteiger partial charge in [-0.1, -0.05) is 19.9 Å². The van der Waals surface area contributed by atoms with Gasteiger partial charge >= 0.3 is 12.1 Å². The zero-order valence-corrected chi connectivity index (χ0v) is 21.6. The third-order valence-electron chi connectivity index (χ3n) is 7.71. The maximum atomic E-state index is 14.3. The van der Waals surface area contributed by atoms with Crippen molar-refractivity contribution in [1.29, 1.82) is 0 Å². The molecule has 7 nitrogen and oxygen atoms in total. The van der Waals surface area contributed by atoms with Crippen LogP contribution in [0.2, 0.25) is 0 Å². The minimum Gasteiger partial charge on any atom is -0.481 e. The van der Waals surface area contributed by atoms with Gasteiger partial charge in [0.05, 0.1) is 35.8 Å². The SMILES string of the molecule is CC1(C)CC(CN(CC(=O)c2c(F)cccc2F)C(=O)c2cnn(C3CCC(C(=O)O)CC3)c2C(F)(F)F)C1. The number of carbonyl (C=O) groups excluding carboxylic acids is 2. The first-order chi connectivity index (χ1) is 18.2. The largest absolute Gasteiger partial charge is 0.481 e. The second-order valence-electron chi connectivity index (χ2n) is 11.3. The quantitative estimate of drug-likeness (QED) is 0.331. The summed E-state index contributed by atoms with van der Waals surface area (Å²) in [5, 5.41) is 13.1. The Balaban J connectivity index is 1.65. The molecule has 0 aliphatic heterocycles. The van der Waals surface area contributed by atoms with Crippen LogP contribution in [0.1, 0.15) is 84.8 Å². The van der Waals surface area contributed by atoms with E-state index in [0.717, 1.165) is 34.0 Å². The fourth-order valence-corrected chi connectivity index (χ4v) is 6.00. The number of nitrogens with zero attached hydrogens (tertiary/aromatic N) is 3. The van der Waals surface area contributed by atoms with Gasteiger partial charge in [0.25, 0.3) is 5.91 Å². The molecule has 4 rings (SSSR count). The first-order valence-electron chi connectivity index (χ1n) is 12.8. The standard InChI is InChI=1S/C27H30F5N3O4/c1-26(2)10-15(11-26)13-34(14-21(36)22-19(28)4-3-5-20(22)29)24(37)18-12-33-35(23(18)27(30,31)32)17-8-6-16(7-9-17)25(38)39/h3-5,12,15-17H,6-11,13-14H2,1-2H3,(H,38,39). The normalized spacial score (nSPS) is 21.3. The highest BCUT2D eigenvalue weighted by atomic mass is 19.4. The van der Waals surface area contributed by atoms with Gasteiger partial charge < -0.3 is 10.0 Å². The van der Waals surface area contributed by atoms with Gasteiger partial charge in [0.15, 0.2) is 11.5 Å². The number of benzene rings is 1. The molecule has 0 unspecified atom stereocenters. The first-order valence-corrected chi connectivity index (χ1v) is 12.8. The second-order valence-corrected chi connectivity index (χ2v) is 11.3. The van der Waals surface area contributed by atoms with E-state index >= 15 is 0 Å². The summed E-state index contributed by atoms with van der Waals surface area (Å²) in [6, 6.07) is 2.10. The molecule has 0 bridgehead atoms. The molecule has 1 amide bonds. The van der Waals surface area contributed by atoms with Crippen LogP contribution in [0.25, 0.3) is 0 Å². The van der Waals surface area contributed by atoms with Gasteiger partial charge in [-0.25, -0.2) is 8.78 Å². The smallest absolute Gasteiger partial charge is 0.433 e. The van der Waals surface area contributed by atoms with Crippen molar-refractivity contribution >= 4 is 17.7 Å². The minimum absolute atomic E-state index is 0.0299. The van der Waals surface area contributed by atoms with Gasteiger partial charge in [-0.3, -0.25) is 19.1 Å². The highest BCUT2D eigenvalue weighted by Crippen LogP contribution is 2.45. The Morgan fingerprint density at radius 3 is 2.18 bits per heavy atom. The molecule has 39 heavy (non-hydrogen) atoms. The van der Waals surface area contributed by atoms with Gasteiger partial charge in [-0.2, -0.15) is 18.3 Å². The number of carboxylic acid groups (broad SMARTS) is 1. The van der Waals surface area contributed by atoms with Gasteiger partial charge in [-0.15, -0.1) is 0 Å². The third kappa shape index (κ3) is 6.14. The molecule has 2 aromatic rings. The average Bonchev–Trinajstić information content (AvgIpc) is 3.28. The summed E-state index contributed by atoms with van der Waals surface area (Å²) in [5.74, 6) is -6.19. The van der Waals surface area contributed by atoms with Crippen LogP contribution in [0.4, 0.5) is 22.0 Å². The lowest BCUT2D eigenvalue weighted by Gasteiger charge is -2.44. The summed E-state index contributed by atoms with van der Waals surface area (Å²) in [6.45, 7) is 3.14. The number of Topliss-reactive ketones (excluding diaryl/α,β-unsaturated/α-hetero) is 1. The predicted molar refractivity (Wildman–Crippen MR) is 129 cm³/mol. The molecule has 2 fully saturated rings. The van der Waals surface area contributed by atoms with E-state index in [1.54, 1.807) is 0 Å². The third-order valence-corrected chi connectivity index (χ3v) is 7.71.